The van der Waals surface area contributed by atoms with Crippen molar-refractivity contribution < 1.29 is 4.39 Å². The first-order chi connectivity index (χ1) is 5.29. The van der Waals surface area contributed by atoms with Gasteiger partial charge in [0.25, 0.3) is 0 Å². The van der Waals surface area contributed by atoms with E-state index in [4.69, 9.17) is 0 Å². The van der Waals surface area contributed by atoms with Crippen molar-refractivity contribution in [2.24, 2.45) is 7.05 Å². The van der Waals surface area contributed by atoms with Crippen LogP contribution in [0, 0.1) is 12.0 Å². The molecule has 0 N–H and O–H groups in total. The van der Waals surface area contributed by atoms with Crippen LogP contribution in [0.2, 0.25) is 0 Å². The van der Waals surface area contributed by atoms with E-state index in [0.29, 0.717) is 0 Å². The minimum Gasteiger partial charge on any atom is -0.321 e. The second-order valence-electron chi connectivity index (χ2n) is 2.51. The molecule has 0 aliphatic rings. The summed E-state index contributed by atoms with van der Waals surface area (Å²) in [6, 6.07) is 9.82. The number of halogens is 1. The van der Waals surface area contributed by atoms with Gasteiger partial charge < -0.3 is 4.57 Å². The third kappa shape index (κ3) is 0.827. The topological polar surface area (TPSA) is 4.93 Å². The monoisotopic (exact) mass is 148 g/mol. The van der Waals surface area contributed by atoms with Crippen molar-refractivity contribution in [3.05, 3.63) is 36.3 Å². The van der Waals surface area contributed by atoms with Crippen molar-refractivity contribution >= 4 is 10.9 Å². The van der Waals surface area contributed by atoms with Crippen molar-refractivity contribution in [1.29, 1.82) is 0 Å². The SMILES string of the molecule is Cn1c(F)cc2cc[c]cc21. The molecule has 2 heteroatoms. The van der Waals surface area contributed by atoms with E-state index in [9.17, 15) is 4.39 Å². The van der Waals surface area contributed by atoms with Gasteiger partial charge in [0, 0.05) is 18.5 Å². The van der Waals surface area contributed by atoms with Gasteiger partial charge in [-0.05, 0) is 12.1 Å². The number of aromatic nitrogens is 1. The summed E-state index contributed by atoms with van der Waals surface area (Å²) in [5, 5.41) is 0.920. The molecule has 0 saturated carbocycles. The Labute approximate surface area is 64.1 Å². The van der Waals surface area contributed by atoms with Crippen LogP contribution in [0.5, 0.6) is 0 Å². The molecule has 1 aromatic heterocycles. The Bertz CT molecular complexity index is 389. The molecule has 11 heavy (non-hydrogen) atoms. The summed E-state index contributed by atoms with van der Waals surface area (Å²) in [6.45, 7) is 0. The van der Waals surface area contributed by atoms with Crippen LogP contribution >= 0.6 is 0 Å². The minimum atomic E-state index is -0.209. The van der Waals surface area contributed by atoms with E-state index in [1.54, 1.807) is 19.2 Å². The quantitative estimate of drug-likeness (QED) is 0.539. The van der Waals surface area contributed by atoms with E-state index in [1.165, 1.54) is 10.6 Å². The molecule has 0 bridgehead atoms. The van der Waals surface area contributed by atoms with E-state index in [-0.39, 0.29) is 5.95 Å². The minimum absolute atomic E-state index is 0.209. The zero-order valence-corrected chi connectivity index (χ0v) is 6.13. The normalized spacial score (nSPS) is 10.7. The zero-order chi connectivity index (χ0) is 7.84. The molecule has 1 heterocycles. The summed E-state index contributed by atoms with van der Waals surface area (Å²) in [4.78, 5) is 0. The lowest BCUT2D eigenvalue weighted by Crippen LogP contribution is -1.89. The zero-order valence-electron chi connectivity index (χ0n) is 6.13. The van der Waals surface area contributed by atoms with Crippen LogP contribution in [-0.2, 0) is 7.05 Å². The van der Waals surface area contributed by atoms with Gasteiger partial charge in [-0.3, -0.25) is 0 Å². The van der Waals surface area contributed by atoms with Gasteiger partial charge in [-0.25, -0.2) is 0 Å². The first-order valence-corrected chi connectivity index (χ1v) is 3.40. The van der Waals surface area contributed by atoms with Crippen molar-refractivity contribution in [2.45, 2.75) is 0 Å². The van der Waals surface area contributed by atoms with Crippen molar-refractivity contribution in [2.75, 3.05) is 0 Å². The molecule has 0 saturated heterocycles. The van der Waals surface area contributed by atoms with Gasteiger partial charge >= 0.3 is 0 Å². The largest absolute Gasteiger partial charge is 0.321 e. The van der Waals surface area contributed by atoms with Crippen molar-refractivity contribution in [1.82, 2.24) is 4.57 Å². The van der Waals surface area contributed by atoms with Crippen LogP contribution < -0.4 is 0 Å². The van der Waals surface area contributed by atoms with Crippen LogP contribution in [-0.4, -0.2) is 4.57 Å². The molecule has 0 aliphatic heterocycles. The average molecular weight is 148 g/mol. The Morgan fingerprint density at radius 1 is 1.55 bits per heavy atom. The highest BCUT2D eigenvalue weighted by atomic mass is 19.1. The maximum atomic E-state index is 12.9. The molecule has 1 nitrogen and oxygen atoms in total. The molecule has 0 amide bonds. The van der Waals surface area contributed by atoms with Gasteiger partial charge in [0.05, 0.1) is 5.52 Å². The maximum absolute atomic E-state index is 12.9. The summed E-state index contributed by atoms with van der Waals surface area (Å²) < 4.78 is 14.4. The first-order valence-electron chi connectivity index (χ1n) is 3.40. The number of rotatable bonds is 0. The van der Waals surface area contributed by atoms with Crippen LogP contribution in [0.1, 0.15) is 0 Å². The number of hydrogen-bond donors (Lipinski definition) is 0. The smallest absolute Gasteiger partial charge is 0.194 e. The van der Waals surface area contributed by atoms with Gasteiger partial charge in [0.2, 0.25) is 0 Å². The fourth-order valence-corrected chi connectivity index (χ4v) is 1.19. The lowest BCUT2D eigenvalue weighted by Gasteiger charge is -1.93. The third-order valence-corrected chi connectivity index (χ3v) is 1.83. The molecule has 0 unspecified atom stereocenters. The molecule has 0 aliphatic carbocycles. The average Bonchev–Trinajstić information content (AvgIpc) is 2.30. The fourth-order valence-electron chi connectivity index (χ4n) is 1.19. The molecule has 1 radical (unpaired) electrons. The van der Waals surface area contributed by atoms with E-state index in [2.05, 4.69) is 6.07 Å². The number of fused-ring (bicyclic) bond motifs is 1. The number of benzene rings is 1. The standard InChI is InChI=1S/C9H7FN/c1-11-8-5-3-2-4-7(8)6-9(11)10/h2,4-6H,1H3. The molecule has 2 rings (SSSR count). The van der Waals surface area contributed by atoms with E-state index in [0.717, 1.165) is 10.9 Å². The fraction of sp³-hybridized carbons (Fsp3) is 0.111. The first kappa shape index (κ1) is 6.40. The van der Waals surface area contributed by atoms with Gasteiger partial charge in [-0.15, -0.1) is 0 Å². The Balaban J connectivity index is 2.92. The van der Waals surface area contributed by atoms with Crippen molar-refractivity contribution in [3.8, 4) is 0 Å². The molecule has 1 aromatic carbocycles. The predicted octanol–water partition coefficient (Wildman–Crippen LogP) is 2.12. The van der Waals surface area contributed by atoms with Gasteiger partial charge in [0.15, 0.2) is 5.95 Å². The Kier molecular flexibility index (Phi) is 1.22. The van der Waals surface area contributed by atoms with Crippen LogP contribution in [0.3, 0.4) is 0 Å². The van der Waals surface area contributed by atoms with E-state index in [1.807, 2.05) is 6.07 Å². The summed E-state index contributed by atoms with van der Waals surface area (Å²) >= 11 is 0. The number of aryl methyl sites for hydroxylation is 1. The molecule has 0 fully saturated rings. The second kappa shape index (κ2) is 2.09. The third-order valence-electron chi connectivity index (χ3n) is 1.83. The molecular formula is C9H7FN. The molecule has 0 atom stereocenters. The molecule has 0 spiro atoms. The highest BCUT2D eigenvalue weighted by Crippen LogP contribution is 2.15. The summed E-state index contributed by atoms with van der Waals surface area (Å²) in [7, 11) is 1.70. The summed E-state index contributed by atoms with van der Waals surface area (Å²) in [5.41, 5.74) is 0.880. The van der Waals surface area contributed by atoms with E-state index >= 15 is 0 Å². The van der Waals surface area contributed by atoms with Gasteiger partial charge in [-0.2, -0.15) is 4.39 Å². The second-order valence-corrected chi connectivity index (χ2v) is 2.51. The Hall–Kier alpha value is -1.31. The summed E-state index contributed by atoms with van der Waals surface area (Å²) in [5.74, 6) is -0.209. The lowest BCUT2D eigenvalue weighted by molar-refractivity contribution is 0.542. The number of nitrogens with zero attached hydrogens (tertiary/aromatic N) is 1. The summed E-state index contributed by atoms with van der Waals surface area (Å²) in [6.07, 6.45) is 0. The molecule has 2 aromatic rings. The van der Waals surface area contributed by atoms with Gasteiger partial charge in [0.1, 0.15) is 0 Å². The number of hydrogen-bond acceptors (Lipinski definition) is 0. The molecular weight excluding hydrogens is 141 g/mol. The van der Waals surface area contributed by atoms with Crippen LogP contribution in [0.4, 0.5) is 4.39 Å². The van der Waals surface area contributed by atoms with Crippen LogP contribution in [0.15, 0.2) is 24.3 Å². The highest BCUT2D eigenvalue weighted by molar-refractivity contribution is 5.79. The van der Waals surface area contributed by atoms with E-state index < -0.39 is 0 Å². The maximum Gasteiger partial charge on any atom is 0.194 e. The van der Waals surface area contributed by atoms with Crippen LogP contribution in [0.25, 0.3) is 10.9 Å². The molecule has 55 valence electrons. The Morgan fingerprint density at radius 2 is 2.36 bits per heavy atom. The predicted molar refractivity (Wildman–Crippen MR) is 41.7 cm³/mol. The van der Waals surface area contributed by atoms with Crippen molar-refractivity contribution in [3.63, 3.8) is 0 Å². The lowest BCUT2D eigenvalue weighted by atomic mass is 10.2. The Morgan fingerprint density at radius 3 is 3.09 bits per heavy atom. The highest BCUT2D eigenvalue weighted by Gasteiger charge is 2.01. The van der Waals surface area contributed by atoms with Gasteiger partial charge in [-0.1, -0.05) is 12.1 Å².